The topological polar surface area (TPSA) is 106 Å². The van der Waals surface area contributed by atoms with E-state index in [2.05, 4.69) is 10.6 Å². The maximum atomic E-state index is 12.3. The number of nitrogens with one attached hydrogen (secondary N) is 2. The zero-order chi connectivity index (χ0) is 20.1. The lowest BCUT2D eigenvalue weighted by Crippen LogP contribution is -2.52. The monoisotopic (exact) mass is 382 g/mol. The minimum Gasteiger partial charge on any atom is -0.445 e. The van der Waals surface area contributed by atoms with Crippen LogP contribution in [-0.4, -0.2) is 55.3 Å². The molecule has 0 saturated heterocycles. The molecule has 0 aliphatic heterocycles. The molecule has 1 aromatic rings. The van der Waals surface area contributed by atoms with Gasteiger partial charge in [-0.3, -0.25) is 4.79 Å². The van der Waals surface area contributed by atoms with Crippen molar-refractivity contribution in [2.24, 2.45) is 0 Å². The highest BCUT2D eigenvalue weighted by Gasteiger charge is 2.26. The lowest BCUT2D eigenvalue weighted by Gasteiger charge is -2.22. The largest absolute Gasteiger partial charge is 0.445 e. The lowest BCUT2D eigenvalue weighted by molar-refractivity contribution is -0.140. The second kappa shape index (κ2) is 13.1. The van der Waals surface area contributed by atoms with Gasteiger partial charge in [-0.05, 0) is 26.3 Å². The van der Waals surface area contributed by atoms with Gasteiger partial charge >= 0.3 is 6.09 Å². The van der Waals surface area contributed by atoms with Crippen molar-refractivity contribution in [1.82, 2.24) is 10.6 Å². The number of hydrogen-bond acceptors (Lipinski definition) is 6. The highest BCUT2D eigenvalue weighted by Crippen LogP contribution is 2.03. The number of hydrogen-bond donors (Lipinski definition) is 3. The van der Waals surface area contributed by atoms with Gasteiger partial charge in [0.15, 0.2) is 6.29 Å². The Labute approximate surface area is 160 Å². The van der Waals surface area contributed by atoms with Crippen LogP contribution in [0.2, 0.25) is 0 Å². The molecule has 2 atom stereocenters. The number of ether oxygens (including phenoxy) is 3. The fourth-order valence-corrected chi connectivity index (χ4v) is 2.31. The summed E-state index contributed by atoms with van der Waals surface area (Å²) in [6, 6.07) is 8.05. The lowest BCUT2D eigenvalue weighted by atomic mass is 10.1. The first-order valence-corrected chi connectivity index (χ1v) is 9.14. The summed E-state index contributed by atoms with van der Waals surface area (Å²) in [4.78, 5) is 24.2. The second-order valence-electron chi connectivity index (χ2n) is 5.84. The van der Waals surface area contributed by atoms with Crippen LogP contribution in [-0.2, 0) is 25.6 Å². The third kappa shape index (κ3) is 9.37. The summed E-state index contributed by atoms with van der Waals surface area (Å²) in [5.41, 5.74) is 0.823. The van der Waals surface area contributed by atoms with Crippen LogP contribution in [0.4, 0.5) is 4.79 Å². The van der Waals surface area contributed by atoms with Gasteiger partial charge in [-0.1, -0.05) is 30.3 Å². The Morgan fingerprint density at radius 3 is 2.30 bits per heavy atom. The summed E-state index contributed by atoms with van der Waals surface area (Å²) in [7, 11) is 0. The van der Waals surface area contributed by atoms with Crippen LogP contribution in [0.3, 0.4) is 0 Å². The van der Waals surface area contributed by atoms with Crippen molar-refractivity contribution in [3.05, 3.63) is 35.9 Å². The number of aliphatic hydroxyl groups is 1. The quantitative estimate of drug-likeness (QED) is 0.474. The van der Waals surface area contributed by atoms with Crippen molar-refractivity contribution in [3.8, 4) is 0 Å². The smallest absolute Gasteiger partial charge is 0.408 e. The molecule has 8 nitrogen and oxygen atoms in total. The van der Waals surface area contributed by atoms with E-state index in [1.165, 1.54) is 6.92 Å². The van der Waals surface area contributed by atoms with E-state index in [-0.39, 0.29) is 13.2 Å². The molecule has 0 saturated carbocycles. The van der Waals surface area contributed by atoms with Crippen molar-refractivity contribution in [1.29, 1.82) is 0 Å². The molecule has 1 aromatic carbocycles. The number of alkyl carbamates (subject to hydrolysis) is 1. The van der Waals surface area contributed by atoms with Gasteiger partial charge in [0.25, 0.3) is 0 Å². The van der Waals surface area contributed by atoms with Gasteiger partial charge in [0.2, 0.25) is 5.91 Å². The predicted octanol–water partition coefficient (Wildman–Crippen LogP) is 1.57. The maximum absolute atomic E-state index is 12.3. The molecule has 0 bridgehead atoms. The van der Waals surface area contributed by atoms with Crippen LogP contribution in [0, 0.1) is 0 Å². The van der Waals surface area contributed by atoms with Crippen LogP contribution in [0.15, 0.2) is 30.3 Å². The Balaban J connectivity index is 2.44. The van der Waals surface area contributed by atoms with Gasteiger partial charge < -0.3 is 30.0 Å². The van der Waals surface area contributed by atoms with Crippen LogP contribution in [0.25, 0.3) is 0 Å². The maximum Gasteiger partial charge on any atom is 0.408 e. The van der Waals surface area contributed by atoms with Gasteiger partial charge in [0.1, 0.15) is 12.6 Å². The van der Waals surface area contributed by atoms with E-state index in [4.69, 9.17) is 14.2 Å². The molecule has 152 valence electrons. The van der Waals surface area contributed by atoms with Crippen LogP contribution in [0.1, 0.15) is 32.8 Å². The Bertz CT molecular complexity index is 546. The molecule has 27 heavy (non-hydrogen) atoms. The number of carbonyl (C=O) groups excluding carboxylic acids is 2. The summed E-state index contributed by atoms with van der Waals surface area (Å²) >= 11 is 0. The molecule has 2 amide bonds. The Morgan fingerprint density at radius 1 is 1.11 bits per heavy atom. The normalized spacial score (nSPS) is 13.1. The summed E-state index contributed by atoms with van der Waals surface area (Å²) < 4.78 is 15.9. The van der Waals surface area contributed by atoms with Gasteiger partial charge in [0, 0.05) is 26.2 Å². The van der Waals surface area contributed by atoms with Crippen LogP contribution in [0.5, 0.6) is 0 Å². The van der Waals surface area contributed by atoms with E-state index in [0.717, 1.165) is 5.56 Å². The molecule has 8 heteroatoms. The van der Waals surface area contributed by atoms with Crippen molar-refractivity contribution in [2.75, 3.05) is 19.8 Å². The summed E-state index contributed by atoms with van der Waals surface area (Å²) in [6.45, 7) is 6.51. The fourth-order valence-electron chi connectivity index (χ4n) is 2.31. The molecule has 0 spiro atoms. The molecule has 1 unspecified atom stereocenters. The summed E-state index contributed by atoms with van der Waals surface area (Å²) in [5.74, 6) is -0.506. The van der Waals surface area contributed by atoms with E-state index >= 15 is 0 Å². The number of carbonyl (C=O) groups is 2. The standard InChI is InChI=1S/C19H30N2O6/c1-4-25-16(26-5-2)11-12-20-18(23)17(14(3)22)21-19(24)27-13-15-9-7-6-8-10-15/h6-10,14,16-17,22H,4-5,11-13H2,1-3H3,(H,20,23)(H,21,24)/t14?,17-/m0/s1. The van der Waals surface area contributed by atoms with Gasteiger partial charge in [-0.15, -0.1) is 0 Å². The van der Waals surface area contributed by atoms with Crippen molar-refractivity contribution >= 4 is 12.0 Å². The summed E-state index contributed by atoms with van der Waals surface area (Å²) in [6.07, 6.45) is -1.81. The minimum atomic E-state index is -1.12. The first kappa shape index (κ1) is 22.9. The molecule has 1 rings (SSSR count). The van der Waals surface area contributed by atoms with Gasteiger partial charge in [-0.25, -0.2) is 4.79 Å². The average molecular weight is 382 g/mol. The minimum absolute atomic E-state index is 0.0746. The predicted molar refractivity (Wildman–Crippen MR) is 99.9 cm³/mol. The van der Waals surface area contributed by atoms with Gasteiger partial charge in [0.05, 0.1) is 6.10 Å². The SMILES string of the molecule is CCOC(CCNC(=O)[C@@H](NC(=O)OCc1ccccc1)C(C)O)OCC. The van der Waals surface area contributed by atoms with E-state index in [1.807, 2.05) is 44.2 Å². The molecule has 0 aromatic heterocycles. The third-order valence-corrected chi connectivity index (χ3v) is 3.64. The number of amides is 2. The first-order valence-electron chi connectivity index (χ1n) is 9.14. The Morgan fingerprint density at radius 2 is 1.74 bits per heavy atom. The zero-order valence-electron chi connectivity index (χ0n) is 16.1. The van der Waals surface area contributed by atoms with E-state index < -0.39 is 30.4 Å². The number of aliphatic hydroxyl groups excluding tert-OH is 1. The van der Waals surface area contributed by atoms with Crippen molar-refractivity contribution in [3.63, 3.8) is 0 Å². The number of rotatable bonds is 12. The molecule has 0 fully saturated rings. The van der Waals surface area contributed by atoms with E-state index in [1.54, 1.807) is 0 Å². The molecule has 3 N–H and O–H groups in total. The molecule has 0 heterocycles. The van der Waals surface area contributed by atoms with E-state index in [9.17, 15) is 14.7 Å². The average Bonchev–Trinajstić information content (AvgIpc) is 2.65. The number of benzene rings is 1. The first-order chi connectivity index (χ1) is 13.0. The van der Waals surface area contributed by atoms with Crippen LogP contribution >= 0.6 is 0 Å². The van der Waals surface area contributed by atoms with Crippen molar-refractivity contribution < 1.29 is 28.9 Å². The molecule has 0 aliphatic carbocycles. The third-order valence-electron chi connectivity index (χ3n) is 3.64. The molecule has 0 radical (unpaired) electrons. The Hall–Kier alpha value is -2.16. The molecular formula is C19H30N2O6. The Kier molecular flexibility index (Phi) is 11.1. The second-order valence-corrected chi connectivity index (χ2v) is 5.84. The van der Waals surface area contributed by atoms with Gasteiger partial charge in [-0.2, -0.15) is 0 Å². The highest BCUT2D eigenvalue weighted by atomic mass is 16.7. The molecule has 0 aliphatic rings. The summed E-state index contributed by atoms with van der Waals surface area (Å²) in [5, 5.41) is 14.9. The van der Waals surface area contributed by atoms with E-state index in [0.29, 0.717) is 19.6 Å². The van der Waals surface area contributed by atoms with Crippen molar-refractivity contribution in [2.45, 2.75) is 52.2 Å². The highest BCUT2D eigenvalue weighted by molar-refractivity contribution is 5.86. The fraction of sp³-hybridized carbons (Fsp3) is 0.579. The van der Waals surface area contributed by atoms with Crippen LogP contribution < -0.4 is 10.6 Å². The molecular weight excluding hydrogens is 352 g/mol. The zero-order valence-corrected chi connectivity index (χ0v) is 16.1.